The van der Waals surface area contributed by atoms with Crippen LogP contribution < -0.4 is 14.8 Å². The molecular weight excluding hydrogens is 445 g/mol. The van der Waals surface area contributed by atoms with E-state index >= 15 is 0 Å². The number of methoxy groups -OCH3 is 1. The van der Waals surface area contributed by atoms with Crippen molar-refractivity contribution in [3.8, 4) is 17.4 Å². The molecule has 1 N–H and O–H groups in total. The summed E-state index contributed by atoms with van der Waals surface area (Å²) in [7, 11) is -1.09. The van der Waals surface area contributed by atoms with Crippen molar-refractivity contribution in [1.82, 2.24) is 9.97 Å². The van der Waals surface area contributed by atoms with Crippen molar-refractivity contribution < 1.29 is 22.9 Å². The second kappa shape index (κ2) is 8.87. The Morgan fingerprint density at radius 2 is 1.73 bits per heavy atom. The maximum absolute atomic E-state index is 13.6. The largest absolute Gasteiger partial charge is 0.493 e. The van der Waals surface area contributed by atoms with Crippen molar-refractivity contribution in [1.29, 1.82) is 0 Å². The van der Waals surface area contributed by atoms with E-state index in [0.717, 1.165) is 6.07 Å². The zero-order chi connectivity index (χ0) is 23.6. The fraction of sp³-hybridized carbons (Fsp3) is 0.0833. The van der Waals surface area contributed by atoms with Crippen molar-refractivity contribution in [2.24, 2.45) is 0 Å². The molecule has 168 valence electrons. The summed E-state index contributed by atoms with van der Waals surface area (Å²) < 4.78 is 36.9. The highest BCUT2D eigenvalue weighted by Gasteiger charge is 2.21. The second-order valence-electron chi connectivity index (χ2n) is 7.25. The zero-order valence-electron chi connectivity index (χ0n) is 17.9. The Morgan fingerprint density at radius 1 is 1.00 bits per heavy atom. The van der Waals surface area contributed by atoms with Crippen LogP contribution in [0.3, 0.4) is 0 Å². The SMILES string of the molecule is C=S(C)(=O)c1cccc(NC(=O)c2nc3ccccc3nc2Oc2ccc(F)cc2OC)c1. The summed E-state index contributed by atoms with van der Waals surface area (Å²) in [5.74, 6) is 2.81. The van der Waals surface area contributed by atoms with Gasteiger partial charge < -0.3 is 14.8 Å². The summed E-state index contributed by atoms with van der Waals surface area (Å²) >= 11 is 0. The van der Waals surface area contributed by atoms with Crippen LogP contribution in [-0.4, -0.2) is 39.3 Å². The third kappa shape index (κ3) is 4.93. The van der Waals surface area contributed by atoms with E-state index in [1.54, 1.807) is 48.5 Å². The second-order valence-corrected chi connectivity index (χ2v) is 9.73. The summed E-state index contributed by atoms with van der Waals surface area (Å²) in [5, 5.41) is 2.73. The number of benzene rings is 3. The van der Waals surface area contributed by atoms with E-state index in [4.69, 9.17) is 9.47 Å². The normalized spacial score (nSPS) is 12.7. The summed E-state index contributed by atoms with van der Waals surface area (Å²) in [4.78, 5) is 22.5. The van der Waals surface area contributed by atoms with Crippen LogP contribution in [-0.2, 0) is 9.52 Å². The molecule has 1 heterocycles. The smallest absolute Gasteiger partial charge is 0.279 e. The number of anilines is 1. The maximum Gasteiger partial charge on any atom is 0.279 e. The molecule has 9 heteroatoms. The van der Waals surface area contributed by atoms with E-state index in [0.29, 0.717) is 21.6 Å². The van der Waals surface area contributed by atoms with Crippen LogP contribution in [0.25, 0.3) is 11.0 Å². The van der Waals surface area contributed by atoms with Crippen LogP contribution in [0, 0.1) is 5.82 Å². The molecule has 0 spiro atoms. The van der Waals surface area contributed by atoms with Gasteiger partial charge in [-0.25, -0.2) is 14.4 Å². The van der Waals surface area contributed by atoms with Gasteiger partial charge in [-0.15, -0.1) is 0 Å². The van der Waals surface area contributed by atoms with Gasteiger partial charge >= 0.3 is 0 Å². The molecule has 0 radical (unpaired) electrons. The Kier molecular flexibility index (Phi) is 5.97. The Labute approximate surface area is 190 Å². The predicted octanol–water partition coefficient (Wildman–Crippen LogP) is 4.53. The molecule has 0 aliphatic heterocycles. The Bertz CT molecular complexity index is 1470. The molecule has 7 nitrogen and oxygen atoms in total. The number of para-hydroxylation sites is 2. The molecule has 4 rings (SSSR count). The first-order chi connectivity index (χ1) is 15.7. The van der Waals surface area contributed by atoms with Gasteiger partial charge in [0, 0.05) is 22.9 Å². The van der Waals surface area contributed by atoms with Gasteiger partial charge in [-0.1, -0.05) is 18.2 Å². The van der Waals surface area contributed by atoms with E-state index in [2.05, 4.69) is 21.2 Å². The number of fused-ring (bicyclic) bond motifs is 1. The number of nitrogens with one attached hydrogen (secondary N) is 1. The maximum atomic E-state index is 13.6. The van der Waals surface area contributed by atoms with E-state index in [1.807, 2.05) is 0 Å². The number of nitrogens with zero attached hydrogens (tertiary/aromatic N) is 2. The van der Waals surface area contributed by atoms with Crippen LogP contribution in [0.4, 0.5) is 10.1 Å². The molecule has 0 fully saturated rings. The number of carbonyl (C=O) groups excluding carboxylic acids is 1. The van der Waals surface area contributed by atoms with Crippen molar-refractivity contribution in [3.63, 3.8) is 0 Å². The average molecular weight is 466 g/mol. The predicted molar refractivity (Wildman–Crippen MR) is 126 cm³/mol. The molecular formula is C24H20FN3O4S. The zero-order valence-corrected chi connectivity index (χ0v) is 18.7. The summed E-state index contributed by atoms with van der Waals surface area (Å²) in [6.07, 6.45) is 1.52. The van der Waals surface area contributed by atoms with E-state index in [1.165, 1.54) is 25.5 Å². The monoisotopic (exact) mass is 465 g/mol. The first-order valence-electron chi connectivity index (χ1n) is 9.76. The van der Waals surface area contributed by atoms with Gasteiger partial charge in [0.2, 0.25) is 0 Å². The first kappa shape index (κ1) is 22.2. The summed E-state index contributed by atoms with van der Waals surface area (Å²) in [5.41, 5.74) is 1.33. The van der Waals surface area contributed by atoms with Gasteiger partial charge in [0.15, 0.2) is 17.2 Å². The highest BCUT2D eigenvalue weighted by Crippen LogP contribution is 2.33. The lowest BCUT2D eigenvalue weighted by Gasteiger charge is -2.13. The van der Waals surface area contributed by atoms with Crippen LogP contribution in [0.5, 0.6) is 17.4 Å². The van der Waals surface area contributed by atoms with E-state index < -0.39 is 21.2 Å². The van der Waals surface area contributed by atoms with Crippen molar-refractivity contribution >= 4 is 38.0 Å². The number of hydrogen-bond donors (Lipinski definition) is 1. The van der Waals surface area contributed by atoms with Gasteiger partial charge in [-0.3, -0.25) is 9.00 Å². The third-order valence-electron chi connectivity index (χ3n) is 4.68. The molecule has 1 atom stereocenters. The summed E-state index contributed by atoms with van der Waals surface area (Å²) in [6.45, 7) is 0. The topological polar surface area (TPSA) is 90.4 Å². The Balaban J connectivity index is 1.76. The van der Waals surface area contributed by atoms with Crippen LogP contribution in [0.2, 0.25) is 0 Å². The molecule has 0 aliphatic rings. The molecule has 0 saturated carbocycles. The first-order valence-corrected chi connectivity index (χ1v) is 11.9. The lowest BCUT2D eigenvalue weighted by Crippen LogP contribution is -2.16. The minimum atomic E-state index is -2.46. The quantitative estimate of drug-likeness (QED) is 0.421. The number of aromatic nitrogens is 2. The van der Waals surface area contributed by atoms with Gasteiger partial charge in [0.1, 0.15) is 5.82 Å². The van der Waals surface area contributed by atoms with E-state index in [9.17, 15) is 13.4 Å². The molecule has 0 aliphatic carbocycles. The van der Waals surface area contributed by atoms with Gasteiger partial charge in [-0.2, -0.15) is 0 Å². The molecule has 1 unspecified atom stereocenters. The van der Waals surface area contributed by atoms with Gasteiger partial charge in [0.05, 0.1) is 18.1 Å². The highest BCUT2D eigenvalue weighted by molar-refractivity contribution is 7.99. The molecule has 0 saturated heterocycles. The molecule has 1 aromatic heterocycles. The minimum Gasteiger partial charge on any atom is -0.493 e. The highest BCUT2D eigenvalue weighted by atomic mass is 32.2. The summed E-state index contributed by atoms with van der Waals surface area (Å²) in [6, 6.07) is 17.4. The minimum absolute atomic E-state index is 0.0799. The lowest BCUT2D eigenvalue weighted by molar-refractivity contribution is 0.101. The van der Waals surface area contributed by atoms with Gasteiger partial charge in [0.25, 0.3) is 11.8 Å². The number of amides is 1. The molecule has 3 aromatic carbocycles. The van der Waals surface area contributed by atoms with Crippen LogP contribution >= 0.6 is 0 Å². The average Bonchev–Trinajstić information content (AvgIpc) is 2.79. The molecule has 0 bridgehead atoms. The van der Waals surface area contributed by atoms with Gasteiger partial charge in [-0.05, 0) is 57.9 Å². The van der Waals surface area contributed by atoms with Crippen molar-refractivity contribution in [2.45, 2.75) is 4.90 Å². The van der Waals surface area contributed by atoms with Crippen molar-refractivity contribution in [2.75, 3.05) is 18.7 Å². The fourth-order valence-electron chi connectivity index (χ4n) is 3.07. The standard InChI is InChI=1S/C24H20FN3O4S/c1-31-21-13-15(25)11-12-20(21)32-24-22(27-18-9-4-5-10-19(18)28-24)23(29)26-16-7-6-8-17(14-16)33(2,3)30/h4-14H,2H2,1,3H3,(H,26,29). The number of rotatable bonds is 6. The Hall–Kier alpha value is -3.98. The molecule has 1 amide bonds. The third-order valence-corrected chi connectivity index (χ3v) is 5.93. The fourth-order valence-corrected chi connectivity index (χ4v) is 3.81. The van der Waals surface area contributed by atoms with Crippen LogP contribution in [0.1, 0.15) is 10.5 Å². The molecule has 33 heavy (non-hydrogen) atoms. The van der Waals surface area contributed by atoms with Crippen LogP contribution in [0.15, 0.2) is 71.6 Å². The number of carbonyl (C=O) groups is 1. The number of halogens is 1. The van der Waals surface area contributed by atoms with Crippen molar-refractivity contribution in [3.05, 3.63) is 78.2 Å². The number of ether oxygens (including phenoxy) is 2. The van der Waals surface area contributed by atoms with E-state index in [-0.39, 0.29) is 23.1 Å². The Morgan fingerprint density at radius 3 is 2.42 bits per heavy atom. The lowest BCUT2D eigenvalue weighted by atomic mass is 10.2. The molecule has 4 aromatic rings. The number of hydrogen-bond acceptors (Lipinski definition) is 6.